The molecule has 0 unspecified atom stereocenters. The van der Waals surface area contributed by atoms with Crippen molar-refractivity contribution in [3.63, 3.8) is 0 Å². The van der Waals surface area contributed by atoms with E-state index in [4.69, 9.17) is 0 Å². The first kappa shape index (κ1) is 14.0. The maximum absolute atomic E-state index is 11.7. The summed E-state index contributed by atoms with van der Waals surface area (Å²) in [4.78, 5) is 0. The number of hydrogen-bond acceptors (Lipinski definition) is 3. The fourth-order valence-corrected chi connectivity index (χ4v) is 3.66. The van der Waals surface area contributed by atoms with Gasteiger partial charge in [0.15, 0.2) is 0 Å². The molecule has 1 heterocycles. The van der Waals surface area contributed by atoms with Gasteiger partial charge < -0.3 is 5.32 Å². The van der Waals surface area contributed by atoms with Gasteiger partial charge in [0.2, 0.25) is 0 Å². The molecule has 1 aliphatic rings. The summed E-state index contributed by atoms with van der Waals surface area (Å²) in [6, 6.07) is 8.18. The van der Waals surface area contributed by atoms with Crippen LogP contribution in [0.4, 0.5) is 0 Å². The zero-order chi connectivity index (χ0) is 13.2. The molecule has 0 saturated carbocycles. The van der Waals surface area contributed by atoms with Crippen LogP contribution in [0.15, 0.2) is 28.7 Å². The largest absolute Gasteiger partial charge is 0.315 e. The minimum absolute atomic E-state index is 0.00792. The molecule has 18 heavy (non-hydrogen) atoms. The molecule has 1 aromatic rings. The van der Waals surface area contributed by atoms with E-state index in [9.17, 15) is 8.42 Å². The highest BCUT2D eigenvalue weighted by Crippen LogP contribution is 2.34. The summed E-state index contributed by atoms with van der Waals surface area (Å²) in [7, 11) is -2.89. The Balaban J connectivity index is 2.17. The predicted octanol–water partition coefficient (Wildman–Crippen LogP) is 2.11. The Hall–Kier alpha value is -0.390. The first-order chi connectivity index (χ1) is 8.47. The van der Waals surface area contributed by atoms with Crippen LogP contribution < -0.4 is 5.32 Å². The Morgan fingerprint density at radius 2 is 2.11 bits per heavy atom. The fraction of sp³-hybridized carbons (Fsp3) is 0.538. The molecule has 0 aromatic heterocycles. The first-order valence-electron chi connectivity index (χ1n) is 6.15. The normalized spacial score (nSPS) is 18.3. The lowest BCUT2D eigenvalue weighted by atomic mass is 9.73. The van der Waals surface area contributed by atoms with Gasteiger partial charge in [-0.05, 0) is 24.1 Å². The molecular formula is C13H18BrNO2S. The Morgan fingerprint density at radius 3 is 2.61 bits per heavy atom. The van der Waals surface area contributed by atoms with Gasteiger partial charge in [0.25, 0.3) is 0 Å². The summed E-state index contributed by atoms with van der Waals surface area (Å²) >= 11 is 3.47. The Kier molecular flexibility index (Phi) is 4.14. The molecule has 0 amide bonds. The molecule has 1 aromatic carbocycles. The van der Waals surface area contributed by atoms with E-state index in [0.717, 1.165) is 17.6 Å². The summed E-state index contributed by atoms with van der Waals surface area (Å²) in [5.41, 5.74) is 1.22. The van der Waals surface area contributed by atoms with E-state index in [1.54, 1.807) is 6.92 Å². The van der Waals surface area contributed by atoms with Crippen molar-refractivity contribution in [3.8, 4) is 0 Å². The lowest BCUT2D eigenvalue weighted by Crippen LogP contribution is -2.57. The van der Waals surface area contributed by atoms with Crippen LogP contribution in [-0.2, 0) is 15.3 Å². The van der Waals surface area contributed by atoms with Gasteiger partial charge in [-0.15, -0.1) is 0 Å². The summed E-state index contributed by atoms with van der Waals surface area (Å²) in [5, 5.41) is 3.26. The van der Waals surface area contributed by atoms with E-state index in [0.29, 0.717) is 6.42 Å². The minimum atomic E-state index is -2.89. The van der Waals surface area contributed by atoms with Crippen LogP contribution in [0.2, 0.25) is 0 Å². The van der Waals surface area contributed by atoms with E-state index >= 15 is 0 Å². The van der Waals surface area contributed by atoms with Crippen molar-refractivity contribution in [1.82, 2.24) is 5.32 Å². The maximum atomic E-state index is 11.7. The van der Waals surface area contributed by atoms with E-state index in [1.807, 2.05) is 12.1 Å². The predicted molar refractivity (Wildman–Crippen MR) is 77.6 cm³/mol. The van der Waals surface area contributed by atoms with Gasteiger partial charge in [0.1, 0.15) is 9.84 Å². The second-order valence-corrected chi connectivity index (χ2v) is 8.27. The number of benzene rings is 1. The third-order valence-corrected chi connectivity index (χ3v) is 5.89. The van der Waals surface area contributed by atoms with Crippen molar-refractivity contribution in [2.24, 2.45) is 0 Å². The number of halogens is 1. The third kappa shape index (κ3) is 2.95. The number of sulfone groups is 1. The molecule has 1 aliphatic heterocycles. The summed E-state index contributed by atoms with van der Waals surface area (Å²) < 4.78 is 24.4. The molecule has 0 aliphatic carbocycles. The standard InChI is InChI=1S/C13H18BrNO2S/c1-2-18(16,17)7-6-13(9-15-10-13)11-4-3-5-12(14)8-11/h3-5,8,15H,2,6-7,9-10H2,1H3. The minimum Gasteiger partial charge on any atom is -0.315 e. The van der Waals surface area contributed by atoms with Crippen LogP contribution in [0.25, 0.3) is 0 Å². The van der Waals surface area contributed by atoms with Gasteiger partial charge in [-0.3, -0.25) is 0 Å². The average Bonchev–Trinajstić information content (AvgIpc) is 2.28. The summed E-state index contributed by atoms with van der Waals surface area (Å²) in [6.07, 6.45) is 0.701. The third-order valence-electron chi connectivity index (χ3n) is 3.70. The van der Waals surface area contributed by atoms with Gasteiger partial charge in [-0.25, -0.2) is 8.42 Å². The Morgan fingerprint density at radius 1 is 1.39 bits per heavy atom. The van der Waals surface area contributed by atoms with Crippen LogP contribution in [0.5, 0.6) is 0 Å². The van der Waals surface area contributed by atoms with E-state index < -0.39 is 9.84 Å². The van der Waals surface area contributed by atoms with Crippen molar-refractivity contribution in [3.05, 3.63) is 34.3 Å². The molecule has 0 radical (unpaired) electrons. The zero-order valence-corrected chi connectivity index (χ0v) is 12.9. The topological polar surface area (TPSA) is 46.2 Å². The molecule has 0 atom stereocenters. The van der Waals surface area contributed by atoms with Crippen molar-refractivity contribution in [2.75, 3.05) is 24.6 Å². The molecule has 2 rings (SSSR count). The second kappa shape index (κ2) is 5.31. The summed E-state index contributed by atoms with van der Waals surface area (Å²) in [5.74, 6) is 0.507. The van der Waals surface area contributed by atoms with E-state index in [1.165, 1.54) is 5.56 Å². The average molecular weight is 332 g/mol. The van der Waals surface area contributed by atoms with Gasteiger partial charge in [0.05, 0.1) is 5.75 Å². The van der Waals surface area contributed by atoms with Gasteiger partial charge >= 0.3 is 0 Å². The van der Waals surface area contributed by atoms with Crippen LogP contribution in [-0.4, -0.2) is 33.0 Å². The summed E-state index contributed by atoms with van der Waals surface area (Å²) in [6.45, 7) is 3.44. The smallest absolute Gasteiger partial charge is 0.150 e. The van der Waals surface area contributed by atoms with Gasteiger partial charge in [0, 0.05) is 28.7 Å². The Bertz CT molecular complexity index is 524. The number of nitrogens with one attached hydrogen (secondary N) is 1. The molecule has 3 nitrogen and oxygen atoms in total. The number of hydrogen-bond donors (Lipinski definition) is 1. The van der Waals surface area contributed by atoms with Crippen LogP contribution in [0, 0.1) is 0 Å². The highest BCUT2D eigenvalue weighted by molar-refractivity contribution is 9.10. The van der Waals surface area contributed by atoms with Crippen molar-refractivity contribution in [1.29, 1.82) is 0 Å². The van der Waals surface area contributed by atoms with Crippen LogP contribution >= 0.6 is 15.9 Å². The van der Waals surface area contributed by atoms with Crippen LogP contribution in [0.3, 0.4) is 0 Å². The van der Waals surface area contributed by atoms with Gasteiger partial charge in [-0.2, -0.15) is 0 Å². The molecule has 5 heteroatoms. The molecule has 0 spiro atoms. The molecule has 1 saturated heterocycles. The SMILES string of the molecule is CCS(=O)(=O)CCC1(c2cccc(Br)c2)CNC1. The first-order valence-corrected chi connectivity index (χ1v) is 8.76. The van der Waals surface area contributed by atoms with Crippen LogP contribution in [0.1, 0.15) is 18.9 Å². The monoisotopic (exact) mass is 331 g/mol. The Labute approximate surface area is 117 Å². The molecular weight excluding hydrogens is 314 g/mol. The quantitative estimate of drug-likeness (QED) is 0.898. The van der Waals surface area contributed by atoms with E-state index in [-0.39, 0.29) is 16.9 Å². The highest BCUT2D eigenvalue weighted by atomic mass is 79.9. The van der Waals surface area contributed by atoms with Crippen molar-refractivity contribution in [2.45, 2.75) is 18.8 Å². The maximum Gasteiger partial charge on any atom is 0.150 e. The molecule has 0 bridgehead atoms. The highest BCUT2D eigenvalue weighted by Gasteiger charge is 2.39. The van der Waals surface area contributed by atoms with Crippen molar-refractivity contribution >= 4 is 25.8 Å². The van der Waals surface area contributed by atoms with Gasteiger partial charge in [-0.1, -0.05) is 35.0 Å². The molecule has 1 fully saturated rings. The zero-order valence-electron chi connectivity index (χ0n) is 10.4. The number of rotatable bonds is 5. The van der Waals surface area contributed by atoms with Crippen molar-refractivity contribution < 1.29 is 8.42 Å². The molecule has 1 N–H and O–H groups in total. The lowest BCUT2D eigenvalue weighted by molar-refractivity contribution is 0.268. The molecule has 100 valence electrons. The second-order valence-electron chi connectivity index (χ2n) is 4.88. The fourth-order valence-electron chi connectivity index (χ4n) is 2.27. The van der Waals surface area contributed by atoms with E-state index in [2.05, 4.69) is 33.4 Å². The lowest BCUT2D eigenvalue weighted by Gasteiger charge is -2.43.